The number of rotatable bonds is 6. The van der Waals surface area contributed by atoms with Crippen LogP contribution in [0.3, 0.4) is 0 Å². The Kier molecular flexibility index (Phi) is 8.81. The van der Waals surface area contributed by atoms with Crippen molar-refractivity contribution in [1.82, 2.24) is 15.5 Å². The van der Waals surface area contributed by atoms with Gasteiger partial charge in [-0.1, -0.05) is 38.5 Å². The topological polar surface area (TPSA) is 117 Å². The number of nitrogens with zero attached hydrogens (tertiary/aromatic N) is 1. The third-order valence-corrected chi connectivity index (χ3v) is 8.00. The minimum absolute atomic E-state index is 0.000336. The van der Waals surface area contributed by atoms with Gasteiger partial charge < -0.3 is 25.0 Å². The van der Waals surface area contributed by atoms with Crippen molar-refractivity contribution in [3.8, 4) is 0 Å². The van der Waals surface area contributed by atoms with Gasteiger partial charge >= 0.3 is 0 Å². The molecule has 4 rings (SSSR count). The van der Waals surface area contributed by atoms with Gasteiger partial charge in [-0.05, 0) is 44.9 Å². The number of epoxide rings is 1. The second-order valence-corrected chi connectivity index (χ2v) is 10.9. The highest BCUT2D eigenvalue weighted by molar-refractivity contribution is 5.98. The number of hydrogen-bond donors (Lipinski definition) is 2. The van der Waals surface area contributed by atoms with Crippen molar-refractivity contribution in [2.24, 2.45) is 5.92 Å². The third-order valence-electron chi connectivity index (χ3n) is 8.00. The van der Waals surface area contributed by atoms with Crippen LogP contribution in [0.5, 0.6) is 0 Å². The van der Waals surface area contributed by atoms with E-state index in [2.05, 4.69) is 10.6 Å². The number of hydrogen-bond acceptors (Lipinski definition) is 6. The zero-order valence-corrected chi connectivity index (χ0v) is 21.0. The van der Waals surface area contributed by atoms with Crippen molar-refractivity contribution in [1.29, 1.82) is 0 Å². The quantitative estimate of drug-likeness (QED) is 0.548. The minimum Gasteiger partial charge on any atom is -0.379 e. The molecule has 196 valence electrons. The second-order valence-electron chi connectivity index (χ2n) is 10.9. The standard InChI is InChI=1S/C26H41N3O6/c1-26(17-35-26)23(31)19(15-18-9-4-2-5-10-18)27-24(32)20-16-34-14-7-3-6-12-22(30)29-13-8-11-21(29)25(33)28-20/h18-21H,2-17H2,1H3,(H,27,32)(H,28,33)/t19-,20-,21-,26+/m0/s1. The Morgan fingerprint density at radius 1 is 1.09 bits per heavy atom. The summed E-state index contributed by atoms with van der Waals surface area (Å²) in [6.45, 7) is 3.21. The maximum atomic E-state index is 13.4. The van der Waals surface area contributed by atoms with Crippen molar-refractivity contribution >= 4 is 23.5 Å². The van der Waals surface area contributed by atoms with Crippen molar-refractivity contribution in [3.63, 3.8) is 0 Å². The average molecular weight is 492 g/mol. The average Bonchev–Trinajstić information content (AvgIpc) is 3.40. The van der Waals surface area contributed by atoms with Crippen LogP contribution in [0.1, 0.15) is 84.0 Å². The normalized spacial score (nSPS) is 31.9. The van der Waals surface area contributed by atoms with E-state index in [4.69, 9.17) is 9.47 Å². The molecular weight excluding hydrogens is 450 g/mol. The first-order chi connectivity index (χ1) is 16.9. The van der Waals surface area contributed by atoms with Gasteiger partial charge in [-0.2, -0.15) is 0 Å². The van der Waals surface area contributed by atoms with E-state index in [9.17, 15) is 19.2 Å². The molecule has 1 saturated carbocycles. The monoisotopic (exact) mass is 491 g/mol. The van der Waals surface area contributed by atoms with Crippen LogP contribution >= 0.6 is 0 Å². The molecule has 4 atom stereocenters. The molecule has 4 aliphatic rings. The molecule has 4 fully saturated rings. The Morgan fingerprint density at radius 3 is 2.57 bits per heavy atom. The highest BCUT2D eigenvalue weighted by atomic mass is 16.6. The van der Waals surface area contributed by atoms with Gasteiger partial charge in [0, 0.05) is 19.6 Å². The summed E-state index contributed by atoms with van der Waals surface area (Å²) < 4.78 is 11.2. The molecule has 9 nitrogen and oxygen atoms in total. The predicted octanol–water partition coefficient (Wildman–Crippen LogP) is 1.87. The molecule has 0 bridgehead atoms. The number of Topliss-reactive ketones (excluding diaryl/α,β-unsaturated/α-hetero) is 1. The van der Waals surface area contributed by atoms with Crippen LogP contribution in [0.15, 0.2) is 0 Å². The molecule has 2 N–H and O–H groups in total. The fraction of sp³-hybridized carbons (Fsp3) is 0.846. The summed E-state index contributed by atoms with van der Waals surface area (Å²) in [7, 11) is 0. The van der Waals surface area contributed by atoms with Crippen molar-refractivity contribution < 1.29 is 28.7 Å². The van der Waals surface area contributed by atoms with Crippen LogP contribution in [0.4, 0.5) is 0 Å². The van der Waals surface area contributed by atoms with E-state index >= 15 is 0 Å². The first kappa shape index (κ1) is 26.1. The number of carbonyl (C=O) groups is 4. The van der Waals surface area contributed by atoms with E-state index in [1.54, 1.807) is 11.8 Å². The Labute approximate surface area is 208 Å². The lowest BCUT2D eigenvalue weighted by molar-refractivity contribution is -0.140. The molecule has 0 spiro atoms. The number of fused-ring (bicyclic) bond motifs is 1. The Morgan fingerprint density at radius 2 is 1.83 bits per heavy atom. The highest BCUT2D eigenvalue weighted by Gasteiger charge is 2.50. The largest absolute Gasteiger partial charge is 0.379 e. The maximum Gasteiger partial charge on any atom is 0.245 e. The molecular formula is C26H41N3O6. The molecule has 0 aromatic rings. The Bertz CT molecular complexity index is 792. The molecule has 0 aromatic carbocycles. The predicted molar refractivity (Wildman–Crippen MR) is 128 cm³/mol. The third kappa shape index (κ3) is 6.82. The Hall–Kier alpha value is -2.00. The van der Waals surface area contributed by atoms with Crippen LogP contribution in [0.2, 0.25) is 0 Å². The van der Waals surface area contributed by atoms with Gasteiger partial charge in [-0.3, -0.25) is 19.2 Å². The number of ether oxygens (including phenoxy) is 2. The zero-order chi connectivity index (χ0) is 24.8. The van der Waals surface area contributed by atoms with Gasteiger partial charge in [-0.15, -0.1) is 0 Å². The van der Waals surface area contributed by atoms with E-state index in [1.807, 2.05) is 0 Å². The maximum absolute atomic E-state index is 13.4. The number of amides is 3. The summed E-state index contributed by atoms with van der Waals surface area (Å²) in [5.74, 6) is -0.446. The highest BCUT2D eigenvalue weighted by Crippen LogP contribution is 2.33. The van der Waals surface area contributed by atoms with Gasteiger partial charge in [0.05, 0.1) is 19.3 Å². The lowest BCUT2D eigenvalue weighted by Gasteiger charge is -2.29. The summed E-state index contributed by atoms with van der Waals surface area (Å²) in [6.07, 6.45) is 10.4. The lowest BCUT2D eigenvalue weighted by Crippen LogP contribution is -2.57. The molecule has 35 heavy (non-hydrogen) atoms. The van der Waals surface area contributed by atoms with E-state index in [1.165, 1.54) is 6.42 Å². The van der Waals surface area contributed by atoms with E-state index in [0.29, 0.717) is 44.9 Å². The number of ketones is 1. The van der Waals surface area contributed by atoms with E-state index in [0.717, 1.165) is 51.4 Å². The van der Waals surface area contributed by atoms with Gasteiger partial charge in [0.15, 0.2) is 5.78 Å². The molecule has 1 aliphatic carbocycles. The SMILES string of the molecule is C[C@]1(C(=O)[C@H](CC2CCCCC2)NC(=O)[C@@H]2COCCCCCC(=O)N3CCC[C@H]3C(=O)N2)CO1. The summed E-state index contributed by atoms with van der Waals surface area (Å²) in [4.78, 5) is 54.1. The zero-order valence-electron chi connectivity index (χ0n) is 21.0. The molecule has 3 heterocycles. The smallest absolute Gasteiger partial charge is 0.245 e. The minimum atomic E-state index is -0.921. The molecule has 0 radical (unpaired) electrons. The fourth-order valence-corrected chi connectivity index (χ4v) is 5.67. The molecule has 9 heteroatoms. The van der Waals surface area contributed by atoms with Crippen molar-refractivity contribution in [3.05, 3.63) is 0 Å². The summed E-state index contributed by atoms with van der Waals surface area (Å²) in [5.41, 5.74) is -0.832. The summed E-state index contributed by atoms with van der Waals surface area (Å²) in [6, 6.07) is -2.13. The Balaban J connectivity index is 1.45. The van der Waals surface area contributed by atoms with Crippen LogP contribution in [0, 0.1) is 5.92 Å². The fourth-order valence-electron chi connectivity index (χ4n) is 5.67. The lowest BCUT2D eigenvalue weighted by atomic mass is 9.82. The van der Waals surface area contributed by atoms with Crippen LogP contribution in [-0.4, -0.2) is 78.5 Å². The molecule has 0 unspecified atom stereocenters. The number of nitrogens with one attached hydrogen (secondary N) is 2. The van der Waals surface area contributed by atoms with E-state index in [-0.39, 0.29) is 24.2 Å². The van der Waals surface area contributed by atoms with Gasteiger partial charge in [-0.25, -0.2) is 0 Å². The molecule has 3 amide bonds. The van der Waals surface area contributed by atoms with Gasteiger partial charge in [0.1, 0.15) is 17.7 Å². The first-order valence-corrected chi connectivity index (χ1v) is 13.5. The van der Waals surface area contributed by atoms with E-state index < -0.39 is 29.6 Å². The van der Waals surface area contributed by atoms with Gasteiger partial charge in [0.2, 0.25) is 17.7 Å². The molecule has 3 saturated heterocycles. The number of carbonyl (C=O) groups excluding carboxylic acids is 4. The first-order valence-electron chi connectivity index (χ1n) is 13.5. The van der Waals surface area contributed by atoms with Gasteiger partial charge in [0.25, 0.3) is 0 Å². The molecule has 0 aromatic heterocycles. The van der Waals surface area contributed by atoms with Crippen molar-refractivity contribution in [2.45, 2.75) is 108 Å². The van der Waals surface area contributed by atoms with Crippen molar-refractivity contribution in [2.75, 3.05) is 26.4 Å². The second kappa shape index (κ2) is 11.8. The van der Waals surface area contributed by atoms with Crippen LogP contribution < -0.4 is 10.6 Å². The summed E-state index contributed by atoms with van der Waals surface area (Å²) >= 11 is 0. The van der Waals surface area contributed by atoms with Crippen LogP contribution in [0.25, 0.3) is 0 Å². The molecule has 3 aliphatic heterocycles. The van der Waals surface area contributed by atoms with Crippen LogP contribution in [-0.2, 0) is 28.7 Å². The summed E-state index contributed by atoms with van der Waals surface area (Å²) in [5, 5.41) is 5.79.